The molecule has 0 aliphatic rings. The fourth-order valence-corrected chi connectivity index (χ4v) is 1.45. The van der Waals surface area contributed by atoms with E-state index < -0.39 is 12.1 Å². The molecule has 1 unspecified atom stereocenters. The van der Waals surface area contributed by atoms with Gasteiger partial charge < -0.3 is 14.2 Å². The Balaban J connectivity index is 2.63. The van der Waals surface area contributed by atoms with E-state index in [-0.39, 0.29) is 0 Å². The van der Waals surface area contributed by atoms with Crippen molar-refractivity contribution in [1.29, 1.82) is 0 Å². The Hall–Kier alpha value is -1.81. The molecule has 0 saturated heterocycles. The highest BCUT2D eigenvalue weighted by atomic mass is 16.6. The van der Waals surface area contributed by atoms with Crippen LogP contribution in [0.5, 0.6) is 11.5 Å². The van der Waals surface area contributed by atoms with Gasteiger partial charge in [-0.1, -0.05) is 12.1 Å². The van der Waals surface area contributed by atoms with Crippen LogP contribution in [0.4, 0.5) is 0 Å². The third-order valence-electron chi connectivity index (χ3n) is 2.55. The van der Waals surface area contributed by atoms with Gasteiger partial charge in [0, 0.05) is 0 Å². The van der Waals surface area contributed by atoms with Gasteiger partial charge in [-0.3, -0.25) is 0 Å². The molecule has 0 radical (unpaired) electrons. The predicted octanol–water partition coefficient (Wildman–Crippen LogP) is 2.89. The first-order chi connectivity index (χ1) is 9.08. The molecule has 0 aliphatic carbocycles. The highest BCUT2D eigenvalue weighted by Gasteiger charge is 2.17. The molecule has 0 spiro atoms. The zero-order valence-electron chi connectivity index (χ0n) is 11.6. The summed E-state index contributed by atoms with van der Waals surface area (Å²) in [7, 11) is 1.54. The highest BCUT2D eigenvalue weighted by molar-refractivity contribution is 5.77. The fourth-order valence-electron chi connectivity index (χ4n) is 1.45. The molecule has 4 nitrogen and oxygen atoms in total. The Bertz CT molecular complexity index is 440. The van der Waals surface area contributed by atoms with Gasteiger partial charge in [0.05, 0.1) is 13.7 Å². The van der Waals surface area contributed by atoms with Crippen LogP contribution in [-0.4, -0.2) is 25.8 Å². The van der Waals surface area contributed by atoms with E-state index in [0.29, 0.717) is 24.5 Å². The number of carbonyl (C=O) groups excluding carboxylic acids is 1. The van der Waals surface area contributed by atoms with Crippen LogP contribution < -0.4 is 9.47 Å². The number of esters is 1. The normalized spacial score (nSPS) is 11.7. The van der Waals surface area contributed by atoms with Crippen LogP contribution in [-0.2, 0) is 9.53 Å². The molecule has 4 heteroatoms. The van der Waals surface area contributed by atoms with Crippen molar-refractivity contribution in [3.8, 4) is 11.5 Å². The molecule has 0 N–H and O–H groups in total. The van der Waals surface area contributed by atoms with E-state index in [1.54, 1.807) is 19.1 Å². The van der Waals surface area contributed by atoms with E-state index in [9.17, 15) is 4.79 Å². The monoisotopic (exact) mass is 264 g/mol. The van der Waals surface area contributed by atoms with Crippen molar-refractivity contribution in [2.75, 3.05) is 13.7 Å². The van der Waals surface area contributed by atoms with Crippen molar-refractivity contribution in [2.24, 2.45) is 0 Å². The Morgan fingerprint density at radius 3 is 2.79 bits per heavy atom. The van der Waals surface area contributed by atoms with Gasteiger partial charge in [0.25, 0.3) is 0 Å². The van der Waals surface area contributed by atoms with Crippen molar-refractivity contribution < 1.29 is 19.0 Å². The number of methoxy groups -OCH3 is 1. The van der Waals surface area contributed by atoms with Crippen LogP contribution in [0.15, 0.2) is 30.9 Å². The van der Waals surface area contributed by atoms with Gasteiger partial charge in [0.2, 0.25) is 0 Å². The molecule has 19 heavy (non-hydrogen) atoms. The summed E-state index contributed by atoms with van der Waals surface area (Å²) in [5.41, 5.74) is 1.03. The Labute approximate surface area is 114 Å². The average molecular weight is 264 g/mol. The molecule has 1 rings (SSSR count). The molecule has 104 valence electrons. The lowest BCUT2D eigenvalue weighted by Crippen LogP contribution is -2.26. The molecular formula is C15H20O4. The number of benzene rings is 1. The zero-order valence-corrected chi connectivity index (χ0v) is 11.6. The standard InChI is InChI=1S/C15H20O4/c1-5-6-9-18-12(3)15(16)19-13-8-7-11(2)10-14(13)17-4/h5,7-8,10,12H,1,6,9H2,2-4H3. The second kappa shape index (κ2) is 7.59. The summed E-state index contributed by atoms with van der Waals surface area (Å²) in [6, 6.07) is 5.38. The number of rotatable bonds is 7. The SMILES string of the molecule is C=CCCOC(C)C(=O)Oc1ccc(C)cc1OC. The first kappa shape index (κ1) is 15.2. The number of hydrogen-bond acceptors (Lipinski definition) is 4. The fraction of sp³-hybridized carbons (Fsp3) is 0.400. The maximum absolute atomic E-state index is 11.8. The summed E-state index contributed by atoms with van der Waals surface area (Å²) in [4.78, 5) is 11.8. The molecule has 0 bridgehead atoms. The Morgan fingerprint density at radius 2 is 2.16 bits per heavy atom. The van der Waals surface area contributed by atoms with Crippen LogP contribution in [0.3, 0.4) is 0 Å². The topological polar surface area (TPSA) is 44.8 Å². The summed E-state index contributed by atoms with van der Waals surface area (Å²) in [6.07, 6.45) is 1.82. The summed E-state index contributed by atoms with van der Waals surface area (Å²) in [5, 5.41) is 0. The lowest BCUT2D eigenvalue weighted by atomic mass is 10.2. The van der Waals surface area contributed by atoms with Crippen LogP contribution in [0.25, 0.3) is 0 Å². The number of aryl methyl sites for hydroxylation is 1. The van der Waals surface area contributed by atoms with Crippen molar-refractivity contribution in [1.82, 2.24) is 0 Å². The zero-order chi connectivity index (χ0) is 14.3. The summed E-state index contributed by atoms with van der Waals surface area (Å²) >= 11 is 0. The molecule has 0 aliphatic heterocycles. The minimum absolute atomic E-state index is 0.400. The minimum atomic E-state index is -0.619. The van der Waals surface area contributed by atoms with E-state index in [1.165, 1.54) is 7.11 Å². The molecule has 1 atom stereocenters. The molecule has 1 aromatic rings. The van der Waals surface area contributed by atoms with Gasteiger partial charge in [-0.25, -0.2) is 4.79 Å². The minimum Gasteiger partial charge on any atom is -0.493 e. The summed E-state index contributed by atoms with van der Waals surface area (Å²) in [5.74, 6) is 0.495. The van der Waals surface area contributed by atoms with Crippen molar-refractivity contribution in [2.45, 2.75) is 26.4 Å². The Kier molecular flexibility index (Phi) is 6.09. The van der Waals surface area contributed by atoms with E-state index in [1.807, 2.05) is 19.1 Å². The molecule has 0 aromatic heterocycles. The van der Waals surface area contributed by atoms with Gasteiger partial charge in [-0.15, -0.1) is 6.58 Å². The van der Waals surface area contributed by atoms with Crippen LogP contribution in [0, 0.1) is 6.92 Å². The van der Waals surface area contributed by atoms with Crippen LogP contribution in [0.1, 0.15) is 18.9 Å². The van der Waals surface area contributed by atoms with E-state index >= 15 is 0 Å². The quantitative estimate of drug-likeness (QED) is 0.329. The first-order valence-corrected chi connectivity index (χ1v) is 6.17. The van der Waals surface area contributed by atoms with E-state index in [2.05, 4.69) is 6.58 Å². The maximum Gasteiger partial charge on any atom is 0.340 e. The van der Waals surface area contributed by atoms with Gasteiger partial charge >= 0.3 is 5.97 Å². The number of carbonyl (C=O) groups is 1. The second-order valence-corrected chi connectivity index (χ2v) is 4.17. The lowest BCUT2D eigenvalue weighted by molar-refractivity contribution is -0.146. The van der Waals surface area contributed by atoms with Crippen molar-refractivity contribution in [3.63, 3.8) is 0 Å². The molecule has 0 amide bonds. The Morgan fingerprint density at radius 1 is 1.42 bits per heavy atom. The smallest absolute Gasteiger partial charge is 0.340 e. The maximum atomic E-state index is 11.8. The third kappa shape index (κ3) is 4.75. The van der Waals surface area contributed by atoms with Gasteiger partial charge in [0.15, 0.2) is 17.6 Å². The van der Waals surface area contributed by atoms with Crippen LogP contribution in [0.2, 0.25) is 0 Å². The van der Waals surface area contributed by atoms with Crippen LogP contribution >= 0.6 is 0 Å². The van der Waals surface area contributed by atoms with E-state index in [4.69, 9.17) is 14.2 Å². The summed E-state index contributed by atoms with van der Waals surface area (Å²) in [6.45, 7) is 7.64. The van der Waals surface area contributed by atoms with Gasteiger partial charge in [-0.2, -0.15) is 0 Å². The number of ether oxygens (including phenoxy) is 3. The molecule has 1 aromatic carbocycles. The number of hydrogen-bond donors (Lipinski definition) is 0. The molecule has 0 fully saturated rings. The predicted molar refractivity (Wildman–Crippen MR) is 73.6 cm³/mol. The van der Waals surface area contributed by atoms with Gasteiger partial charge in [0.1, 0.15) is 0 Å². The second-order valence-electron chi connectivity index (χ2n) is 4.17. The molecular weight excluding hydrogens is 244 g/mol. The third-order valence-corrected chi connectivity index (χ3v) is 2.55. The molecule has 0 heterocycles. The van der Waals surface area contributed by atoms with Gasteiger partial charge in [-0.05, 0) is 38.0 Å². The van der Waals surface area contributed by atoms with Crippen molar-refractivity contribution >= 4 is 5.97 Å². The first-order valence-electron chi connectivity index (χ1n) is 6.17. The highest BCUT2D eigenvalue weighted by Crippen LogP contribution is 2.28. The van der Waals surface area contributed by atoms with E-state index in [0.717, 1.165) is 5.56 Å². The molecule has 0 saturated carbocycles. The lowest BCUT2D eigenvalue weighted by Gasteiger charge is -2.14. The average Bonchev–Trinajstić information content (AvgIpc) is 2.40. The summed E-state index contributed by atoms with van der Waals surface area (Å²) < 4.78 is 15.8. The van der Waals surface area contributed by atoms with Crippen molar-refractivity contribution in [3.05, 3.63) is 36.4 Å². The largest absolute Gasteiger partial charge is 0.493 e.